The summed E-state index contributed by atoms with van der Waals surface area (Å²) in [5.74, 6) is -0.804. The Balaban J connectivity index is 1.78. The molecule has 2 N–H and O–H groups in total. The van der Waals surface area contributed by atoms with E-state index in [0.29, 0.717) is 25.2 Å². The normalized spacial score (nSPS) is 19.5. The molecule has 0 bridgehead atoms. The van der Waals surface area contributed by atoms with Crippen molar-refractivity contribution < 1.29 is 19.4 Å². The first kappa shape index (κ1) is 19.6. The minimum absolute atomic E-state index is 0.0826. The highest BCUT2D eigenvalue weighted by Crippen LogP contribution is 2.29. The van der Waals surface area contributed by atoms with Crippen molar-refractivity contribution in [2.75, 3.05) is 18.4 Å². The van der Waals surface area contributed by atoms with Crippen LogP contribution in [0.4, 0.5) is 5.69 Å². The monoisotopic (exact) mass is 380 g/mol. The zero-order chi connectivity index (χ0) is 20.1. The lowest BCUT2D eigenvalue weighted by atomic mass is 10.1. The van der Waals surface area contributed by atoms with Crippen molar-refractivity contribution in [3.05, 3.63) is 72.3 Å². The van der Waals surface area contributed by atoms with E-state index >= 15 is 0 Å². The second-order valence-electron chi connectivity index (χ2n) is 6.81. The number of carbonyl (C=O) groups excluding carboxylic acids is 2. The fraction of sp³-hybridized carbons (Fsp3) is 0.273. The summed E-state index contributed by atoms with van der Waals surface area (Å²) in [6.07, 6.45) is 1.57. The molecule has 0 aliphatic carbocycles. The van der Waals surface area contributed by atoms with Gasteiger partial charge in [0, 0.05) is 18.8 Å². The highest BCUT2D eigenvalue weighted by Gasteiger charge is 2.28. The van der Waals surface area contributed by atoms with Gasteiger partial charge < -0.3 is 20.1 Å². The van der Waals surface area contributed by atoms with Crippen LogP contribution >= 0.6 is 0 Å². The molecule has 2 unspecified atom stereocenters. The van der Waals surface area contributed by atoms with Crippen LogP contribution in [0, 0.1) is 0 Å². The third-order valence-corrected chi connectivity index (χ3v) is 4.67. The molecule has 2 amide bonds. The van der Waals surface area contributed by atoms with E-state index < -0.39 is 0 Å². The number of anilines is 1. The maximum Gasteiger partial charge on any atom is 0.257 e. The molecule has 2 aromatic carbocycles. The molecule has 0 saturated carbocycles. The molecule has 6 heteroatoms. The summed E-state index contributed by atoms with van der Waals surface area (Å²) in [5.41, 5.74) is 1.65. The zero-order valence-electron chi connectivity index (χ0n) is 15.8. The van der Waals surface area contributed by atoms with Crippen molar-refractivity contribution in [1.29, 1.82) is 0 Å². The summed E-state index contributed by atoms with van der Waals surface area (Å²) in [7, 11) is 0. The van der Waals surface area contributed by atoms with Crippen LogP contribution in [0.1, 0.15) is 35.4 Å². The predicted molar refractivity (Wildman–Crippen MR) is 107 cm³/mol. The summed E-state index contributed by atoms with van der Waals surface area (Å²) in [6, 6.07) is 14.4. The van der Waals surface area contributed by atoms with Crippen LogP contribution < -0.4 is 5.32 Å². The summed E-state index contributed by atoms with van der Waals surface area (Å²) in [4.78, 5) is 26.2. The molecule has 1 saturated heterocycles. The Kier molecular flexibility index (Phi) is 6.11. The average molecular weight is 380 g/mol. The van der Waals surface area contributed by atoms with Gasteiger partial charge in [-0.15, -0.1) is 0 Å². The van der Waals surface area contributed by atoms with Gasteiger partial charge in [0.25, 0.3) is 5.91 Å². The first-order chi connectivity index (χ1) is 13.5. The molecule has 0 radical (unpaired) electrons. The third-order valence-electron chi connectivity index (χ3n) is 4.67. The quantitative estimate of drug-likeness (QED) is 0.628. The second-order valence-corrected chi connectivity index (χ2v) is 6.81. The minimum atomic E-state index is -0.383. The molecule has 2 aromatic rings. The van der Waals surface area contributed by atoms with Crippen LogP contribution in [0.5, 0.6) is 5.75 Å². The van der Waals surface area contributed by atoms with Crippen molar-refractivity contribution in [2.45, 2.75) is 25.6 Å². The Bertz CT molecular complexity index is 866. The van der Waals surface area contributed by atoms with Crippen LogP contribution in [0.15, 0.2) is 61.2 Å². The summed E-state index contributed by atoms with van der Waals surface area (Å²) < 4.78 is 6.11. The standard InChI is InChI=1S/C22H24N2O4/c1-3-21(26)23-17-9-10-19(25)18(13-17)22(27)24-12-11-20(28-15(2)14-24)16-7-5-4-6-8-16/h3-10,13,15,20,25H,1,11-12,14H2,2H3,(H,23,26). The number of nitrogens with one attached hydrogen (secondary N) is 1. The number of amides is 2. The van der Waals surface area contributed by atoms with E-state index in [9.17, 15) is 14.7 Å². The molecule has 1 aliphatic heterocycles. The van der Waals surface area contributed by atoms with Crippen molar-refractivity contribution in [3.8, 4) is 5.75 Å². The van der Waals surface area contributed by atoms with Gasteiger partial charge in [0.15, 0.2) is 0 Å². The van der Waals surface area contributed by atoms with E-state index in [1.165, 1.54) is 18.2 Å². The topological polar surface area (TPSA) is 78.9 Å². The van der Waals surface area contributed by atoms with Gasteiger partial charge in [-0.25, -0.2) is 0 Å². The first-order valence-electron chi connectivity index (χ1n) is 9.24. The highest BCUT2D eigenvalue weighted by molar-refractivity contribution is 6.02. The fourth-order valence-corrected chi connectivity index (χ4v) is 3.31. The van der Waals surface area contributed by atoms with Crippen molar-refractivity contribution in [2.24, 2.45) is 0 Å². The van der Waals surface area contributed by atoms with Crippen LogP contribution in [-0.2, 0) is 9.53 Å². The second kappa shape index (κ2) is 8.71. The number of aromatic hydroxyl groups is 1. The summed E-state index contributed by atoms with van der Waals surface area (Å²) >= 11 is 0. The molecule has 146 valence electrons. The number of nitrogens with zero attached hydrogens (tertiary/aromatic N) is 1. The SMILES string of the molecule is C=CC(=O)Nc1ccc(O)c(C(=O)N2CCC(c3ccccc3)OC(C)C2)c1. The molecule has 1 heterocycles. The largest absolute Gasteiger partial charge is 0.507 e. The van der Waals surface area contributed by atoms with Gasteiger partial charge in [0.1, 0.15) is 5.75 Å². The lowest BCUT2D eigenvalue weighted by Crippen LogP contribution is -2.36. The van der Waals surface area contributed by atoms with E-state index in [1.54, 1.807) is 4.90 Å². The van der Waals surface area contributed by atoms with Crippen LogP contribution in [0.3, 0.4) is 0 Å². The van der Waals surface area contributed by atoms with E-state index in [4.69, 9.17) is 4.74 Å². The molecule has 0 spiro atoms. The summed E-state index contributed by atoms with van der Waals surface area (Å²) in [5, 5.41) is 12.8. The lowest BCUT2D eigenvalue weighted by molar-refractivity contribution is -0.111. The number of hydrogen-bond donors (Lipinski definition) is 2. The van der Waals surface area contributed by atoms with Crippen LogP contribution in [0.2, 0.25) is 0 Å². The van der Waals surface area contributed by atoms with E-state index in [2.05, 4.69) is 11.9 Å². The number of phenols is 1. The number of phenolic OH excluding ortho intramolecular Hbond substituents is 1. The van der Waals surface area contributed by atoms with Gasteiger partial charge in [-0.2, -0.15) is 0 Å². The summed E-state index contributed by atoms with van der Waals surface area (Å²) in [6.45, 7) is 6.27. The molecule has 6 nitrogen and oxygen atoms in total. The van der Waals surface area contributed by atoms with Gasteiger partial charge in [-0.1, -0.05) is 36.9 Å². The first-order valence-corrected chi connectivity index (χ1v) is 9.24. The van der Waals surface area contributed by atoms with Gasteiger partial charge in [0.2, 0.25) is 5.91 Å². The van der Waals surface area contributed by atoms with E-state index in [1.807, 2.05) is 37.3 Å². The third kappa shape index (κ3) is 4.58. The molecule has 1 fully saturated rings. The highest BCUT2D eigenvalue weighted by atomic mass is 16.5. The Morgan fingerprint density at radius 2 is 2.00 bits per heavy atom. The minimum Gasteiger partial charge on any atom is -0.507 e. The molecule has 3 rings (SSSR count). The van der Waals surface area contributed by atoms with E-state index in [0.717, 1.165) is 11.6 Å². The van der Waals surface area contributed by atoms with E-state index in [-0.39, 0.29) is 35.3 Å². The number of ether oxygens (including phenoxy) is 1. The molecular weight excluding hydrogens is 356 g/mol. The maximum atomic E-state index is 13.0. The zero-order valence-corrected chi connectivity index (χ0v) is 15.8. The number of benzene rings is 2. The molecular formula is C22H24N2O4. The van der Waals surface area contributed by atoms with Gasteiger partial charge in [-0.05, 0) is 43.2 Å². The smallest absolute Gasteiger partial charge is 0.257 e. The van der Waals surface area contributed by atoms with Gasteiger partial charge >= 0.3 is 0 Å². The molecule has 28 heavy (non-hydrogen) atoms. The van der Waals surface area contributed by atoms with Gasteiger partial charge in [-0.3, -0.25) is 9.59 Å². The Hall–Kier alpha value is -3.12. The lowest BCUT2D eigenvalue weighted by Gasteiger charge is -2.22. The predicted octanol–water partition coefficient (Wildman–Crippen LogP) is 3.51. The van der Waals surface area contributed by atoms with Crippen molar-refractivity contribution in [3.63, 3.8) is 0 Å². The Morgan fingerprint density at radius 3 is 2.71 bits per heavy atom. The van der Waals surface area contributed by atoms with Crippen molar-refractivity contribution in [1.82, 2.24) is 4.90 Å². The molecule has 0 aromatic heterocycles. The van der Waals surface area contributed by atoms with Crippen LogP contribution in [0.25, 0.3) is 0 Å². The number of rotatable bonds is 4. The number of hydrogen-bond acceptors (Lipinski definition) is 4. The van der Waals surface area contributed by atoms with Gasteiger partial charge in [0.05, 0.1) is 17.8 Å². The fourth-order valence-electron chi connectivity index (χ4n) is 3.31. The number of carbonyl (C=O) groups is 2. The Morgan fingerprint density at radius 1 is 1.25 bits per heavy atom. The molecule has 1 aliphatic rings. The van der Waals surface area contributed by atoms with Crippen molar-refractivity contribution >= 4 is 17.5 Å². The van der Waals surface area contributed by atoms with Crippen LogP contribution in [-0.4, -0.2) is 41.0 Å². The maximum absolute atomic E-state index is 13.0. The molecule has 2 atom stereocenters. The average Bonchev–Trinajstić information content (AvgIpc) is 2.91. The Labute approximate surface area is 164 Å².